The molecule has 7 heteroatoms. The van der Waals surface area contributed by atoms with Crippen LogP contribution in [0.3, 0.4) is 0 Å². The Kier molecular flexibility index (Phi) is 4.66. The largest absolute Gasteiger partial charge is 0.354 e. The molecule has 0 fully saturated rings. The molecule has 0 spiro atoms. The number of aromatic nitrogens is 5. The van der Waals surface area contributed by atoms with Crippen molar-refractivity contribution >= 4 is 11.9 Å². The summed E-state index contributed by atoms with van der Waals surface area (Å²) < 4.78 is 1.76. The van der Waals surface area contributed by atoms with Crippen molar-refractivity contribution in [2.45, 2.75) is 26.7 Å². The first kappa shape index (κ1) is 13.3. The van der Waals surface area contributed by atoms with Crippen molar-refractivity contribution < 1.29 is 0 Å². The van der Waals surface area contributed by atoms with Crippen LogP contribution in [-0.4, -0.2) is 37.6 Å². The van der Waals surface area contributed by atoms with Gasteiger partial charge in [0, 0.05) is 25.5 Å². The second-order valence-corrected chi connectivity index (χ2v) is 4.06. The predicted octanol–water partition coefficient (Wildman–Crippen LogP) is 1.70. The third-order valence-corrected chi connectivity index (χ3v) is 2.51. The van der Waals surface area contributed by atoms with Crippen LogP contribution >= 0.6 is 0 Å². The smallest absolute Gasteiger partial charge is 0.241 e. The fourth-order valence-corrected chi connectivity index (χ4v) is 1.55. The molecule has 7 nitrogen and oxygen atoms in total. The van der Waals surface area contributed by atoms with E-state index in [9.17, 15) is 0 Å². The van der Waals surface area contributed by atoms with E-state index in [-0.39, 0.29) is 0 Å². The average Bonchev–Trinajstić information content (AvgIpc) is 2.93. The van der Waals surface area contributed by atoms with E-state index in [1.165, 1.54) is 0 Å². The Bertz CT molecular complexity index is 495. The van der Waals surface area contributed by atoms with Crippen LogP contribution in [0.25, 0.3) is 5.95 Å². The molecule has 0 saturated carbocycles. The van der Waals surface area contributed by atoms with Crippen LogP contribution in [0.2, 0.25) is 0 Å². The fraction of sp³-hybridized carbons (Fsp3) is 0.500. The van der Waals surface area contributed by atoms with Gasteiger partial charge in [0.15, 0.2) is 0 Å². The van der Waals surface area contributed by atoms with Crippen LogP contribution < -0.4 is 10.6 Å². The van der Waals surface area contributed by atoms with Crippen molar-refractivity contribution in [3.05, 3.63) is 18.7 Å². The molecule has 0 amide bonds. The van der Waals surface area contributed by atoms with Gasteiger partial charge < -0.3 is 10.6 Å². The first-order chi connectivity index (χ1) is 9.33. The van der Waals surface area contributed by atoms with Gasteiger partial charge in [-0.2, -0.15) is 15.0 Å². The summed E-state index contributed by atoms with van der Waals surface area (Å²) in [7, 11) is 0. The molecule has 0 aromatic carbocycles. The zero-order valence-electron chi connectivity index (χ0n) is 11.3. The number of nitrogens with zero attached hydrogens (tertiary/aromatic N) is 5. The van der Waals surface area contributed by atoms with Gasteiger partial charge in [0.05, 0.1) is 0 Å². The standard InChI is InChI=1S/C12H19N7/c1-3-5-6-15-11-16-10(14-4-2)17-12(18-11)19-8-7-13-9-19/h7-9H,3-6H2,1-2H3,(H2,14,15,16,17,18). The lowest BCUT2D eigenvalue weighted by atomic mass is 10.3. The van der Waals surface area contributed by atoms with Crippen molar-refractivity contribution in [3.63, 3.8) is 0 Å². The van der Waals surface area contributed by atoms with Crippen molar-refractivity contribution in [3.8, 4) is 5.95 Å². The zero-order valence-corrected chi connectivity index (χ0v) is 11.3. The Morgan fingerprint density at radius 3 is 2.53 bits per heavy atom. The molecule has 2 aromatic rings. The molecule has 0 saturated heterocycles. The Hall–Kier alpha value is -2.18. The monoisotopic (exact) mass is 261 g/mol. The Balaban J connectivity index is 2.22. The normalized spacial score (nSPS) is 10.4. The van der Waals surface area contributed by atoms with E-state index in [1.807, 2.05) is 6.92 Å². The minimum atomic E-state index is 0.558. The third-order valence-electron chi connectivity index (χ3n) is 2.51. The summed E-state index contributed by atoms with van der Waals surface area (Å²) in [5, 5.41) is 6.32. The Morgan fingerprint density at radius 2 is 1.89 bits per heavy atom. The maximum atomic E-state index is 4.38. The minimum absolute atomic E-state index is 0.558. The highest BCUT2D eigenvalue weighted by molar-refractivity contribution is 5.37. The molecule has 2 rings (SSSR count). The molecule has 0 bridgehead atoms. The number of anilines is 2. The van der Waals surface area contributed by atoms with E-state index >= 15 is 0 Å². The van der Waals surface area contributed by atoms with Gasteiger partial charge in [-0.15, -0.1) is 0 Å². The molecule has 0 atom stereocenters. The number of nitrogens with one attached hydrogen (secondary N) is 2. The highest BCUT2D eigenvalue weighted by atomic mass is 15.3. The number of hydrogen-bond donors (Lipinski definition) is 2. The van der Waals surface area contributed by atoms with Gasteiger partial charge in [-0.3, -0.25) is 4.57 Å². The molecule has 0 aliphatic carbocycles. The highest BCUT2D eigenvalue weighted by Crippen LogP contribution is 2.09. The Labute approximate surface area is 112 Å². The molecular weight excluding hydrogens is 242 g/mol. The maximum Gasteiger partial charge on any atom is 0.241 e. The zero-order chi connectivity index (χ0) is 13.5. The van der Waals surface area contributed by atoms with E-state index in [2.05, 4.69) is 37.5 Å². The van der Waals surface area contributed by atoms with Gasteiger partial charge in [0.2, 0.25) is 17.8 Å². The molecule has 19 heavy (non-hydrogen) atoms. The van der Waals surface area contributed by atoms with Crippen LogP contribution in [0.5, 0.6) is 0 Å². The van der Waals surface area contributed by atoms with Crippen LogP contribution in [0, 0.1) is 0 Å². The van der Waals surface area contributed by atoms with Crippen LogP contribution in [-0.2, 0) is 0 Å². The second-order valence-electron chi connectivity index (χ2n) is 4.06. The quantitative estimate of drug-likeness (QED) is 0.738. The number of unbranched alkanes of at least 4 members (excludes halogenated alkanes) is 1. The molecule has 0 unspecified atom stereocenters. The Morgan fingerprint density at radius 1 is 1.11 bits per heavy atom. The molecule has 0 aliphatic rings. The lowest BCUT2D eigenvalue weighted by Crippen LogP contribution is -2.12. The van der Waals surface area contributed by atoms with Gasteiger partial charge in [-0.05, 0) is 13.3 Å². The van der Waals surface area contributed by atoms with Gasteiger partial charge >= 0.3 is 0 Å². The van der Waals surface area contributed by atoms with E-state index in [0.29, 0.717) is 17.8 Å². The lowest BCUT2D eigenvalue weighted by Gasteiger charge is -2.09. The summed E-state index contributed by atoms with van der Waals surface area (Å²) in [4.78, 5) is 17.1. The summed E-state index contributed by atoms with van der Waals surface area (Å²) in [5.41, 5.74) is 0. The van der Waals surface area contributed by atoms with Crippen molar-refractivity contribution in [1.82, 2.24) is 24.5 Å². The van der Waals surface area contributed by atoms with Crippen molar-refractivity contribution in [1.29, 1.82) is 0 Å². The third kappa shape index (κ3) is 3.64. The minimum Gasteiger partial charge on any atom is -0.354 e. The molecule has 0 radical (unpaired) electrons. The second kappa shape index (κ2) is 6.67. The molecular formula is C12H19N7. The summed E-state index contributed by atoms with van der Waals surface area (Å²) in [6.45, 7) is 5.78. The molecule has 2 heterocycles. The first-order valence-corrected chi connectivity index (χ1v) is 6.55. The first-order valence-electron chi connectivity index (χ1n) is 6.55. The van der Waals surface area contributed by atoms with Gasteiger partial charge in [0.25, 0.3) is 0 Å². The van der Waals surface area contributed by atoms with E-state index in [4.69, 9.17) is 0 Å². The van der Waals surface area contributed by atoms with E-state index in [0.717, 1.165) is 25.9 Å². The highest BCUT2D eigenvalue weighted by Gasteiger charge is 2.07. The summed E-state index contributed by atoms with van der Waals surface area (Å²) in [6, 6.07) is 0. The van der Waals surface area contributed by atoms with Crippen LogP contribution in [0.15, 0.2) is 18.7 Å². The van der Waals surface area contributed by atoms with Crippen molar-refractivity contribution in [2.24, 2.45) is 0 Å². The SMILES string of the molecule is CCCCNc1nc(NCC)nc(-n2ccnc2)n1. The maximum absolute atomic E-state index is 4.38. The number of rotatable bonds is 7. The molecule has 0 aliphatic heterocycles. The van der Waals surface area contributed by atoms with Crippen LogP contribution in [0.4, 0.5) is 11.9 Å². The molecule has 2 aromatic heterocycles. The number of imidazole rings is 1. The lowest BCUT2D eigenvalue weighted by molar-refractivity contribution is 0.817. The summed E-state index contributed by atoms with van der Waals surface area (Å²) in [6.07, 6.45) is 7.39. The van der Waals surface area contributed by atoms with Gasteiger partial charge in [-0.25, -0.2) is 4.98 Å². The number of hydrogen-bond acceptors (Lipinski definition) is 6. The molecule has 102 valence electrons. The average molecular weight is 261 g/mol. The van der Waals surface area contributed by atoms with Crippen molar-refractivity contribution in [2.75, 3.05) is 23.7 Å². The van der Waals surface area contributed by atoms with E-state index in [1.54, 1.807) is 23.3 Å². The summed E-state index contributed by atoms with van der Waals surface area (Å²) >= 11 is 0. The predicted molar refractivity (Wildman–Crippen MR) is 74.5 cm³/mol. The topological polar surface area (TPSA) is 80.5 Å². The van der Waals surface area contributed by atoms with Gasteiger partial charge in [0.1, 0.15) is 6.33 Å². The summed E-state index contributed by atoms with van der Waals surface area (Å²) in [5.74, 6) is 1.71. The van der Waals surface area contributed by atoms with E-state index < -0.39 is 0 Å². The fourth-order valence-electron chi connectivity index (χ4n) is 1.55. The van der Waals surface area contributed by atoms with Crippen LogP contribution in [0.1, 0.15) is 26.7 Å². The van der Waals surface area contributed by atoms with Gasteiger partial charge in [-0.1, -0.05) is 13.3 Å². The molecule has 2 N–H and O–H groups in total.